The summed E-state index contributed by atoms with van der Waals surface area (Å²) in [7, 11) is 0. The highest BCUT2D eigenvalue weighted by atomic mass is 32.1. The standard InChI is InChI=1S/C23H22FN3O2S/c1-14-12-20(26-22(28)16-6-5-7-17(24)13-16)30-21(14)23(29)27(18-9-10-18)15(2)19-8-3-4-11-25-19/h3-8,11-13,15,18H,9-10H2,1-2H3,(H,26,28). The predicted octanol–water partition coefficient (Wildman–Crippen LogP) is 5.21. The van der Waals surface area contributed by atoms with Gasteiger partial charge in [0, 0.05) is 17.8 Å². The normalized spacial score (nSPS) is 14.2. The maximum Gasteiger partial charge on any atom is 0.265 e. The van der Waals surface area contributed by atoms with Crippen LogP contribution in [-0.2, 0) is 0 Å². The average Bonchev–Trinajstić information content (AvgIpc) is 3.50. The van der Waals surface area contributed by atoms with Crippen LogP contribution in [0.15, 0.2) is 54.7 Å². The molecule has 1 aromatic carbocycles. The van der Waals surface area contributed by atoms with Gasteiger partial charge >= 0.3 is 0 Å². The highest BCUT2D eigenvalue weighted by Gasteiger charge is 2.38. The van der Waals surface area contributed by atoms with Gasteiger partial charge in [-0.2, -0.15) is 0 Å². The fourth-order valence-corrected chi connectivity index (χ4v) is 4.48. The number of aromatic nitrogens is 1. The van der Waals surface area contributed by atoms with Crippen LogP contribution in [0.2, 0.25) is 0 Å². The molecule has 0 aliphatic heterocycles. The average molecular weight is 424 g/mol. The van der Waals surface area contributed by atoms with E-state index in [0.717, 1.165) is 24.1 Å². The van der Waals surface area contributed by atoms with E-state index in [0.29, 0.717) is 9.88 Å². The zero-order chi connectivity index (χ0) is 21.3. The Bertz CT molecular complexity index is 1080. The Kier molecular flexibility index (Phi) is 5.63. The lowest BCUT2D eigenvalue weighted by Crippen LogP contribution is -2.35. The monoisotopic (exact) mass is 423 g/mol. The largest absolute Gasteiger partial charge is 0.327 e. The molecular formula is C23H22FN3O2S. The van der Waals surface area contributed by atoms with Crippen molar-refractivity contribution in [2.45, 2.75) is 38.8 Å². The molecule has 3 aromatic rings. The molecule has 1 unspecified atom stereocenters. The van der Waals surface area contributed by atoms with E-state index in [-0.39, 0.29) is 23.6 Å². The number of carbonyl (C=O) groups is 2. The summed E-state index contributed by atoms with van der Waals surface area (Å²) in [4.78, 5) is 32.8. The van der Waals surface area contributed by atoms with Crippen LogP contribution >= 0.6 is 11.3 Å². The van der Waals surface area contributed by atoms with E-state index in [1.807, 2.05) is 36.9 Å². The van der Waals surface area contributed by atoms with Crippen LogP contribution < -0.4 is 5.32 Å². The summed E-state index contributed by atoms with van der Waals surface area (Å²) in [6.07, 6.45) is 3.70. The van der Waals surface area contributed by atoms with Gasteiger partial charge in [0.25, 0.3) is 11.8 Å². The van der Waals surface area contributed by atoms with Crippen molar-refractivity contribution >= 4 is 28.2 Å². The van der Waals surface area contributed by atoms with Gasteiger partial charge in [-0.1, -0.05) is 12.1 Å². The first-order chi connectivity index (χ1) is 14.4. The molecule has 1 aliphatic carbocycles. The van der Waals surface area contributed by atoms with E-state index < -0.39 is 11.7 Å². The molecule has 1 aliphatic rings. The topological polar surface area (TPSA) is 62.3 Å². The molecule has 154 valence electrons. The number of nitrogens with one attached hydrogen (secondary N) is 1. The van der Waals surface area contributed by atoms with Crippen molar-refractivity contribution in [2.24, 2.45) is 0 Å². The molecule has 7 heteroatoms. The first-order valence-corrected chi connectivity index (χ1v) is 10.7. The smallest absolute Gasteiger partial charge is 0.265 e. The molecule has 1 atom stereocenters. The lowest BCUT2D eigenvalue weighted by Gasteiger charge is -2.29. The van der Waals surface area contributed by atoms with Crippen LogP contribution in [0.4, 0.5) is 9.39 Å². The van der Waals surface area contributed by atoms with E-state index in [1.165, 1.54) is 29.5 Å². The van der Waals surface area contributed by atoms with Crippen molar-refractivity contribution in [1.29, 1.82) is 0 Å². The molecule has 1 N–H and O–H groups in total. The number of aryl methyl sites for hydroxylation is 1. The second-order valence-corrected chi connectivity index (χ2v) is 8.51. The van der Waals surface area contributed by atoms with E-state index in [9.17, 15) is 14.0 Å². The van der Waals surface area contributed by atoms with Gasteiger partial charge in [-0.05, 0) is 68.7 Å². The number of hydrogen-bond acceptors (Lipinski definition) is 4. The van der Waals surface area contributed by atoms with Crippen molar-refractivity contribution < 1.29 is 14.0 Å². The van der Waals surface area contributed by atoms with Crippen LogP contribution in [0, 0.1) is 12.7 Å². The van der Waals surface area contributed by atoms with Crippen molar-refractivity contribution in [3.05, 3.63) is 82.2 Å². The summed E-state index contributed by atoms with van der Waals surface area (Å²) in [6.45, 7) is 3.85. The van der Waals surface area contributed by atoms with Gasteiger partial charge in [0.15, 0.2) is 0 Å². The minimum absolute atomic E-state index is 0.0515. The SMILES string of the molecule is Cc1cc(NC(=O)c2cccc(F)c2)sc1C(=O)N(C1CC1)C(C)c1ccccn1. The summed E-state index contributed by atoms with van der Waals surface area (Å²) >= 11 is 1.24. The number of pyridine rings is 1. The molecular weight excluding hydrogens is 401 g/mol. The van der Waals surface area contributed by atoms with E-state index in [4.69, 9.17) is 0 Å². The van der Waals surface area contributed by atoms with E-state index >= 15 is 0 Å². The third kappa shape index (κ3) is 4.26. The molecule has 0 spiro atoms. The quantitative estimate of drug-likeness (QED) is 0.592. The minimum Gasteiger partial charge on any atom is -0.327 e. The van der Waals surface area contributed by atoms with Gasteiger partial charge in [0.2, 0.25) is 0 Å². The number of thiophene rings is 1. The van der Waals surface area contributed by atoms with Crippen molar-refractivity contribution in [3.8, 4) is 0 Å². The molecule has 0 saturated heterocycles. The second-order valence-electron chi connectivity index (χ2n) is 7.46. The first-order valence-electron chi connectivity index (χ1n) is 9.85. The Morgan fingerprint density at radius 3 is 2.67 bits per heavy atom. The number of carbonyl (C=O) groups excluding carboxylic acids is 2. The van der Waals surface area contributed by atoms with Crippen molar-refractivity contribution in [1.82, 2.24) is 9.88 Å². The second kappa shape index (κ2) is 8.36. The molecule has 5 nitrogen and oxygen atoms in total. The molecule has 0 bridgehead atoms. The van der Waals surface area contributed by atoms with Crippen LogP contribution in [-0.4, -0.2) is 27.7 Å². The number of benzene rings is 1. The van der Waals surface area contributed by atoms with Crippen LogP contribution in [0.1, 0.15) is 57.1 Å². The van der Waals surface area contributed by atoms with E-state index in [2.05, 4.69) is 10.3 Å². The summed E-state index contributed by atoms with van der Waals surface area (Å²) in [5.74, 6) is -0.926. The third-order valence-electron chi connectivity index (χ3n) is 5.14. The van der Waals surface area contributed by atoms with Gasteiger partial charge in [-0.15, -0.1) is 11.3 Å². The summed E-state index contributed by atoms with van der Waals surface area (Å²) in [5, 5.41) is 3.34. The van der Waals surface area contributed by atoms with Crippen LogP contribution in [0.5, 0.6) is 0 Å². The molecule has 1 fully saturated rings. The van der Waals surface area contributed by atoms with Crippen LogP contribution in [0.25, 0.3) is 0 Å². The lowest BCUT2D eigenvalue weighted by molar-refractivity contribution is 0.0674. The third-order valence-corrected chi connectivity index (χ3v) is 6.28. The number of halogens is 1. The fourth-order valence-electron chi connectivity index (χ4n) is 3.46. The van der Waals surface area contributed by atoms with E-state index in [1.54, 1.807) is 18.3 Å². The number of hydrogen-bond donors (Lipinski definition) is 1. The lowest BCUT2D eigenvalue weighted by atomic mass is 10.1. The number of nitrogens with zero attached hydrogens (tertiary/aromatic N) is 2. The van der Waals surface area contributed by atoms with Gasteiger partial charge in [-0.25, -0.2) is 4.39 Å². The molecule has 1 saturated carbocycles. The van der Waals surface area contributed by atoms with Crippen molar-refractivity contribution in [3.63, 3.8) is 0 Å². The number of anilines is 1. The molecule has 30 heavy (non-hydrogen) atoms. The molecule has 4 rings (SSSR count). The molecule has 2 aromatic heterocycles. The molecule has 2 amide bonds. The summed E-state index contributed by atoms with van der Waals surface area (Å²) in [5.41, 5.74) is 1.89. The maximum atomic E-state index is 13.4. The van der Waals surface area contributed by atoms with Gasteiger partial charge in [0.1, 0.15) is 5.82 Å². The Morgan fingerprint density at radius 1 is 1.20 bits per heavy atom. The first kappa shape index (κ1) is 20.2. The summed E-state index contributed by atoms with van der Waals surface area (Å²) < 4.78 is 13.4. The Morgan fingerprint density at radius 2 is 2.00 bits per heavy atom. The van der Waals surface area contributed by atoms with Gasteiger partial charge in [-0.3, -0.25) is 14.6 Å². The Hall–Kier alpha value is -3.06. The highest BCUT2D eigenvalue weighted by Crippen LogP contribution is 2.37. The Labute approximate surface area is 178 Å². The van der Waals surface area contributed by atoms with Crippen molar-refractivity contribution in [2.75, 3.05) is 5.32 Å². The highest BCUT2D eigenvalue weighted by molar-refractivity contribution is 7.18. The minimum atomic E-state index is -0.468. The van der Waals surface area contributed by atoms with Crippen LogP contribution in [0.3, 0.4) is 0 Å². The number of rotatable bonds is 6. The van der Waals surface area contributed by atoms with Gasteiger partial charge in [0.05, 0.1) is 21.6 Å². The van der Waals surface area contributed by atoms with Gasteiger partial charge < -0.3 is 10.2 Å². The summed E-state index contributed by atoms with van der Waals surface area (Å²) in [6, 6.07) is 13.1. The molecule has 2 heterocycles. The number of amides is 2. The predicted molar refractivity (Wildman–Crippen MR) is 115 cm³/mol. The molecule has 0 radical (unpaired) electrons. The fraction of sp³-hybridized carbons (Fsp3) is 0.261. The zero-order valence-electron chi connectivity index (χ0n) is 16.8. The zero-order valence-corrected chi connectivity index (χ0v) is 17.6. The Balaban J connectivity index is 1.55. The maximum absolute atomic E-state index is 13.4.